The molecule has 1 atom stereocenters. The number of anilines is 1. The Kier molecular flexibility index (Phi) is 6.93. The number of carbonyl (C=O) groups is 1. The highest BCUT2D eigenvalue weighted by Crippen LogP contribution is 2.30. The predicted molar refractivity (Wildman–Crippen MR) is 123 cm³/mol. The number of nitrogens with one attached hydrogen (secondary N) is 1. The number of thioether (sulfide) groups is 1. The minimum Gasteiger partial charge on any atom is -0.379 e. The molecule has 166 valence electrons. The van der Waals surface area contributed by atoms with Gasteiger partial charge in [0.05, 0.1) is 35.4 Å². The quantitative estimate of drug-likeness (QED) is 0.251. The molecule has 4 rings (SSSR count). The van der Waals surface area contributed by atoms with Crippen molar-refractivity contribution in [2.75, 3.05) is 31.6 Å². The van der Waals surface area contributed by atoms with Crippen molar-refractivity contribution in [2.24, 2.45) is 0 Å². The summed E-state index contributed by atoms with van der Waals surface area (Å²) in [5, 5.41) is 15.0. The minimum absolute atomic E-state index is 0.140. The molecule has 1 amide bonds. The molecule has 1 saturated heterocycles. The van der Waals surface area contributed by atoms with Crippen LogP contribution in [-0.2, 0) is 16.1 Å². The fourth-order valence-electron chi connectivity index (χ4n) is 3.41. The molecule has 32 heavy (non-hydrogen) atoms. The third kappa shape index (κ3) is 5.21. The predicted octanol–water partition coefficient (Wildman–Crippen LogP) is 3.49. The third-order valence-electron chi connectivity index (χ3n) is 5.10. The number of benzene rings is 2. The molecule has 1 unspecified atom stereocenters. The number of hydrogen-bond donors (Lipinski definition) is 1. The number of nitro benzene ring substituents is 1. The van der Waals surface area contributed by atoms with Gasteiger partial charge in [-0.1, -0.05) is 42.1 Å². The van der Waals surface area contributed by atoms with Crippen LogP contribution in [0.15, 0.2) is 53.6 Å². The molecule has 0 radical (unpaired) electrons. The van der Waals surface area contributed by atoms with E-state index in [9.17, 15) is 14.9 Å². The fourth-order valence-corrected chi connectivity index (χ4v) is 4.37. The number of hydrogen-bond acceptors (Lipinski definition) is 8. The Hall–Kier alpha value is -3.08. The van der Waals surface area contributed by atoms with Gasteiger partial charge in [-0.25, -0.2) is 9.97 Å². The molecule has 1 fully saturated rings. The lowest BCUT2D eigenvalue weighted by Crippen LogP contribution is -2.36. The van der Waals surface area contributed by atoms with Gasteiger partial charge < -0.3 is 10.1 Å². The summed E-state index contributed by atoms with van der Waals surface area (Å²) in [6.07, 6.45) is 0. The second-order valence-corrected chi connectivity index (χ2v) is 8.70. The lowest BCUT2D eigenvalue weighted by atomic mass is 10.2. The summed E-state index contributed by atoms with van der Waals surface area (Å²) in [6.45, 7) is 5.41. The first-order valence-electron chi connectivity index (χ1n) is 10.3. The Balaban J connectivity index is 1.54. The molecule has 0 bridgehead atoms. The molecule has 3 aromatic rings. The zero-order chi connectivity index (χ0) is 22.5. The summed E-state index contributed by atoms with van der Waals surface area (Å²) in [5.41, 5.74) is 0.855. The topological polar surface area (TPSA) is 110 Å². The van der Waals surface area contributed by atoms with E-state index in [1.165, 1.54) is 23.9 Å². The molecule has 1 N–H and O–H groups in total. The number of nitro groups is 1. The van der Waals surface area contributed by atoms with E-state index < -0.39 is 10.2 Å². The Morgan fingerprint density at radius 1 is 1.19 bits per heavy atom. The number of ether oxygens (including phenoxy) is 1. The number of nitrogens with zero attached hydrogens (tertiary/aromatic N) is 4. The van der Waals surface area contributed by atoms with E-state index in [0.717, 1.165) is 24.0 Å². The summed E-state index contributed by atoms with van der Waals surface area (Å²) in [7, 11) is 0. The van der Waals surface area contributed by atoms with Gasteiger partial charge in [0.2, 0.25) is 5.91 Å². The largest absolute Gasteiger partial charge is 0.379 e. The van der Waals surface area contributed by atoms with Crippen molar-refractivity contribution < 1.29 is 14.5 Å². The van der Waals surface area contributed by atoms with Gasteiger partial charge in [0.15, 0.2) is 0 Å². The molecule has 9 nitrogen and oxygen atoms in total. The Labute approximate surface area is 189 Å². The highest BCUT2D eigenvalue weighted by molar-refractivity contribution is 8.00. The molecule has 2 aromatic carbocycles. The molecule has 10 heteroatoms. The third-order valence-corrected chi connectivity index (χ3v) is 6.20. The zero-order valence-corrected chi connectivity index (χ0v) is 18.4. The van der Waals surface area contributed by atoms with Gasteiger partial charge in [0.25, 0.3) is 5.69 Å². The van der Waals surface area contributed by atoms with Crippen molar-refractivity contribution in [3.05, 3.63) is 64.5 Å². The smallest absolute Gasteiger partial charge is 0.292 e. The van der Waals surface area contributed by atoms with Gasteiger partial charge in [-0.2, -0.15) is 0 Å². The van der Waals surface area contributed by atoms with Crippen LogP contribution in [0.5, 0.6) is 0 Å². The molecule has 0 aliphatic carbocycles. The average molecular weight is 454 g/mol. The SMILES string of the molecule is CC(Sc1nc(CN2CCOCC2)nc2ccccc12)C(=O)Nc1ccccc1[N+](=O)[O-]. The Morgan fingerprint density at radius 3 is 2.69 bits per heavy atom. The number of morpholine rings is 1. The van der Waals surface area contributed by atoms with Crippen LogP contribution in [-0.4, -0.2) is 57.3 Å². The maximum Gasteiger partial charge on any atom is 0.292 e. The highest BCUT2D eigenvalue weighted by atomic mass is 32.2. The maximum absolute atomic E-state index is 12.8. The number of amides is 1. The van der Waals surface area contributed by atoms with Crippen LogP contribution in [0.3, 0.4) is 0 Å². The molecular formula is C22H23N5O4S. The Morgan fingerprint density at radius 2 is 1.91 bits per heavy atom. The molecule has 1 aromatic heterocycles. The number of para-hydroxylation sites is 3. The normalized spacial score (nSPS) is 15.4. The van der Waals surface area contributed by atoms with Crippen LogP contribution in [0.25, 0.3) is 10.9 Å². The van der Waals surface area contributed by atoms with E-state index in [1.54, 1.807) is 19.1 Å². The van der Waals surface area contributed by atoms with Crippen molar-refractivity contribution in [3.63, 3.8) is 0 Å². The summed E-state index contributed by atoms with van der Waals surface area (Å²) >= 11 is 1.31. The van der Waals surface area contributed by atoms with Crippen molar-refractivity contribution >= 4 is 39.9 Å². The van der Waals surface area contributed by atoms with Crippen LogP contribution < -0.4 is 5.32 Å². The van der Waals surface area contributed by atoms with Crippen LogP contribution >= 0.6 is 11.8 Å². The maximum atomic E-state index is 12.8. The standard InChI is InChI=1S/C22H23N5O4S/c1-15(21(28)24-18-8-4-5-9-19(18)27(29)30)32-22-16-6-2-3-7-17(16)23-20(25-22)14-26-10-12-31-13-11-26/h2-9,15H,10-14H2,1H3,(H,24,28). The molecule has 1 aliphatic heterocycles. The molecule has 0 spiro atoms. The molecule has 0 saturated carbocycles. The highest BCUT2D eigenvalue weighted by Gasteiger charge is 2.22. The van der Waals surface area contributed by atoms with E-state index in [1.807, 2.05) is 24.3 Å². The number of aromatic nitrogens is 2. The number of fused-ring (bicyclic) bond motifs is 1. The van der Waals surface area contributed by atoms with Gasteiger partial charge in [-0.15, -0.1) is 0 Å². The molecule has 1 aliphatic rings. The van der Waals surface area contributed by atoms with Crippen LogP contribution in [0.2, 0.25) is 0 Å². The van der Waals surface area contributed by atoms with Gasteiger partial charge in [-0.3, -0.25) is 19.8 Å². The van der Waals surface area contributed by atoms with E-state index >= 15 is 0 Å². The second-order valence-electron chi connectivity index (χ2n) is 7.37. The van der Waals surface area contributed by atoms with E-state index in [2.05, 4.69) is 10.2 Å². The summed E-state index contributed by atoms with van der Waals surface area (Å²) in [4.78, 5) is 35.2. The molecular weight excluding hydrogens is 430 g/mol. The summed E-state index contributed by atoms with van der Waals surface area (Å²) in [6, 6.07) is 13.8. The van der Waals surface area contributed by atoms with Crippen LogP contribution in [0.1, 0.15) is 12.7 Å². The first-order valence-corrected chi connectivity index (χ1v) is 11.2. The molecule has 2 heterocycles. The lowest BCUT2D eigenvalue weighted by Gasteiger charge is -2.26. The minimum atomic E-state index is -0.524. The Bertz CT molecular complexity index is 1140. The first-order chi connectivity index (χ1) is 15.5. The van der Waals surface area contributed by atoms with Crippen molar-refractivity contribution in [1.29, 1.82) is 0 Å². The zero-order valence-electron chi connectivity index (χ0n) is 17.6. The van der Waals surface area contributed by atoms with Gasteiger partial charge >= 0.3 is 0 Å². The van der Waals surface area contributed by atoms with Crippen molar-refractivity contribution in [1.82, 2.24) is 14.9 Å². The van der Waals surface area contributed by atoms with Crippen LogP contribution in [0.4, 0.5) is 11.4 Å². The van der Waals surface area contributed by atoms with E-state index in [-0.39, 0.29) is 17.3 Å². The summed E-state index contributed by atoms with van der Waals surface area (Å²) in [5.74, 6) is 0.362. The summed E-state index contributed by atoms with van der Waals surface area (Å²) < 4.78 is 5.41. The van der Waals surface area contributed by atoms with Gasteiger partial charge in [0, 0.05) is 24.5 Å². The fraction of sp³-hybridized carbons (Fsp3) is 0.318. The van der Waals surface area contributed by atoms with Gasteiger partial charge in [-0.05, 0) is 19.1 Å². The monoisotopic (exact) mass is 453 g/mol. The van der Waals surface area contributed by atoms with Crippen LogP contribution in [0, 0.1) is 10.1 Å². The number of rotatable bonds is 7. The van der Waals surface area contributed by atoms with Gasteiger partial charge in [0.1, 0.15) is 16.5 Å². The van der Waals surface area contributed by atoms with E-state index in [4.69, 9.17) is 14.7 Å². The van der Waals surface area contributed by atoms with E-state index in [0.29, 0.717) is 30.6 Å². The van der Waals surface area contributed by atoms with Crippen molar-refractivity contribution in [3.8, 4) is 0 Å². The number of carbonyl (C=O) groups excluding carboxylic acids is 1. The first kappa shape index (κ1) is 22.1. The average Bonchev–Trinajstić information content (AvgIpc) is 2.80. The lowest BCUT2D eigenvalue weighted by molar-refractivity contribution is -0.383. The second kappa shape index (κ2) is 10.0. The van der Waals surface area contributed by atoms with Crippen molar-refractivity contribution in [2.45, 2.75) is 23.7 Å².